The second-order valence-electron chi connectivity index (χ2n) is 4.42. The van der Waals surface area contributed by atoms with Crippen molar-refractivity contribution in [2.24, 2.45) is 5.73 Å². The summed E-state index contributed by atoms with van der Waals surface area (Å²) in [6.45, 7) is 1.65. The van der Waals surface area contributed by atoms with Crippen molar-refractivity contribution in [3.63, 3.8) is 0 Å². The first-order valence-corrected chi connectivity index (χ1v) is 5.77. The average Bonchev–Trinajstić information content (AvgIpc) is 2.71. The molecule has 0 bridgehead atoms. The molecule has 0 aliphatic heterocycles. The van der Waals surface area contributed by atoms with Crippen LogP contribution in [0.15, 0.2) is 18.2 Å². The van der Waals surface area contributed by atoms with Gasteiger partial charge in [0.1, 0.15) is 18.1 Å². The zero-order chi connectivity index (χ0) is 14.0. The molecule has 0 saturated carbocycles. The zero-order valence-corrected chi connectivity index (χ0v) is 10.4. The van der Waals surface area contributed by atoms with E-state index in [1.54, 1.807) is 18.2 Å². The SMILES string of the molecule is CC(=O)Cn1nnc2cc(CC(N)C(=O)O)ccc21. The molecule has 100 valence electrons. The van der Waals surface area contributed by atoms with Crippen LogP contribution in [0.4, 0.5) is 0 Å². The maximum absolute atomic E-state index is 11.1. The molecule has 0 radical (unpaired) electrons. The number of benzene rings is 1. The van der Waals surface area contributed by atoms with E-state index >= 15 is 0 Å². The molecule has 19 heavy (non-hydrogen) atoms. The van der Waals surface area contributed by atoms with E-state index in [9.17, 15) is 9.59 Å². The number of rotatable bonds is 5. The number of hydrogen-bond donors (Lipinski definition) is 2. The fraction of sp³-hybridized carbons (Fsp3) is 0.333. The highest BCUT2D eigenvalue weighted by Gasteiger charge is 2.13. The molecule has 1 heterocycles. The van der Waals surface area contributed by atoms with E-state index in [1.165, 1.54) is 11.6 Å². The lowest BCUT2D eigenvalue weighted by Crippen LogP contribution is -2.32. The monoisotopic (exact) mass is 262 g/mol. The van der Waals surface area contributed by atoms with Gasteiger partial charge in [0, 0.05) is 0 Å². The second kappa shape index (κ2) is 5.15. The molecule has 1 aromatic carbocycles. The Bertz CT molecular complexity index is 635. The van der Waals surface area contributed by atoms with Gasteiger partial charge in [-0.05, 0) is 31.0 Å². The highest BCUT2D eigenvalue weighted by atomic mass is 16.4. The molecule has 7 nitrogen and oxygen atoms in total. The topological polar surface area (TPSA) is 111 Å². The van der Waals surface area contributed by atoms with Crippen molar-refractivity contribution in [2.45, 2.75) is 25.9 Å². The molecular formula is C12H14N4O3. The Balaban J connectivity index is 2.27. The third-order valence-electron chi connectivity index (χ3n) is 2.72. The van der Waals surface area contributed by atoms with Crippen molar-refractivity contribution in [3.8, 4) is 0 Å². The van der Waals surface area contributed by atoms with Crippen LogP contribution in [0.2, 0.25) is 0 Å². The van der Waals surface area contributed by atoms with Gasteiger partial charge in [0.15, 0.2) is 5.78 Å². The minimum absolute atomic E-state index is 0.0104. The molecule has 0 saturated heterocycles. The third-order valence-corrected chi connectivity index (χ3v) is 2.72. The Hall–Kier alpha value is -2.28. The number of aromatic nitrogens is 3. The predicted molar refractivity (Wildman–Crippen MR) is 67.5 cm³/mol. The van der Waals surface area contributed by atoms with Gasteiger partial charge in [0.25, 0.3) is 0 Å². The Morgan fingerprint density at radius 2 is 2.21 bits per heavy atom. The van der Waals surface area contributed by atoms with E-state index in [1.807, 2.05) is 0 Å². The molecule has 0 fully saturated rings. The fourth-order valence-electron chi connectivity index (χ4n) is 1.81. The van der Waals surface area contributed by atoms with Crippen LogP contribution in [0.1, 0.15) is 12.5 Å². The summed E-state index contributed by atoms with van der Waals surface area (Å²) < 4.78 is 1.51. The van der Waals surface area contributed by atoms with Crippen LogP contribution in [0, 0.1) is 0 Å². The number of nitrogens with two attached hydrogens (primary N) is 1. The molecule has 1 unspecified atom stereocenters. The van der Waals surface area contributed by atoms with Crippen molar-refractivity contribution >= 4 is 22.8 Å². The summed E-state index contributed by atoms with van der Waals surface area (Å²) in [5.74, 6) is -1.05. The van der Waals surface area contributed by atoms with Crippen LogP contribution in [-0.2, 0) is 22.6 Å². The number of ketones is 1. The van der Waals surface area contributed by atoms with Gasteiger partial charge in [-0.1, -0.05) is 11.3 Å². The first kappa shape index (κ1) is 13.2. The van der Waals surface area contributed by atoms with Gasteiger partial charge in [-0.15, -0.1) is 5.10 Å². The summed E-state index contributed by atoms with van der Waals surface area (Å²) in [6.07, 6.45) is 0.227. The quantitative estimate of drug-likeness (QED) is 0.783. The highest BCUT2D eigenvalue weighted by molar-refractivity contribution is 5.80. The maximum atomic E-state index is 11.1. The number of carbonyl (C=O) groups excluding carboxylic acids is 1. The second-order valence-corrected chi connectivity index (χ2v) is 4.42. The summed E-state index contributed by atoms with van der Waals surface area (Å²) in [7, 11) is 0. The van der Waals surface area contributed by atoms with Gasteiger partial charge in [-0.25, -0.2) is 4.68 Å². The van der Waals surface area contributed by atoms with Crippen molar-refractivity contribution < 1.29 is 14.7 Å². The predicted octanol–water partition coefficient (Wildman–Crippen LogP) is -0.0253. The molecule has 1 aromatic heterocycles. The lowest BCUT2D eigenvalue weighted by Gasteiger charge is -2.06. The van der Waals surface area contributed by atoms with Crippen LogP contribution < -0.4 is 5.73 Å². The largest absolute Gasteiger partial charge is 0.480 e. The van der Waals surface area contributed by atoms with E-state index < -0.39 is 12.0 Å². The Morgan fingerprint density at radius 3 is 2.84 bits per heavy atom. The number of hydrogen-bond acceptors (Lipinski definition) is 5. The molecule has 0 aliphatic rings. The van der Waals surface area contributed by atoms with Crippen LogP contribution in [0.5, 0.6) is 0 Å². The van der Waals surface area contributed by atoms with Crippen LogP contribution in [0.3, 0.4) is 0 Å². The Kier molecular flexibility index (Phi) is 3.57. The van der Waals surface area contributed by atoms with Crippen molar-refractivity contribution in [3.05, 3.63) is 23.8 Å². The van der Waals surface area contributed by atoms with E-state index in [-0.39, 0.29) is 18.7 Å². The zero-order valence-electron chi connectivity index (χ0n) is 10.4. The van der Waals surface area contributed by atoms with Gasteiger partial charge in [0.05, 0.1) is 5.52 Å². The average molecular weight is 262 g/mol. The van der Waals surface area contributed by atoms with Gasteiger partial charge in [-0.3, -0.25) is 9.59 Å². The van der Waals surface area contributed by atoms with Gasteiger partial charge in [-0.2, -0.15) is 0 Å². The summed E-state index contributed by atoms with van der Waals surface area (Å²) in [4.78, 5) is 21.8. The number of aliphatic carboxylic acids is 1. The number of Topliss-reactive ketones (excluding diaryl/α,β-unsaturated/α-hetero) is 1. The molecule has 2 aromatic rings. The van der Waals surface area contributed by atoms with Crippen molar-refractivity contribution in [2.75, 3.05) is 0 Å². The molecular weight excluding hydrogens is 248 g/mol. The highest BCUT2D eigenvalue weighted by Crippen LogP contribution is 2.14. The molecule has 0 amide bonds. The minimum Gasteiger partial charge on any atom is -0.480 e. The van der Waals surface area contributed by atoms with Gasteiger partial charge in [0.2, 0.25) is 0 Å². The molecule has 0 aliphatic carbocycles. The first-order chi connectivity index (χ1) is 8.97. The van der Waals surface area contributed by atoms with Crippen LogP contribution in [-0.4, -0.2) is 37.9 Å². The third kappa shape index (κ3) is 2.94. The lowest BCUT2D eigenvalue weighted by atomic mass is 10.1. The maximum Gasteiger partial charge on any atom is 0.320 e. The standard InChI is InChI=1S/C12H14N4O3/c1-7(17)6-16-11-3-2-8(4-9(13)12(18)19)5-10(11)14-15-16/h2-3,5,9H,4,6,13H2,1H3,(H,18,19). The molecule has 2 rings (SSSR count). The lowest BCUT2D eigenvalue weighted by molar-refractivity contribution is -0.138. The first-order valence-electron chi connectivity index (χ1n) is 5.77. The van der Waals surface area contributed by atoms with Crippen LogP contribution in [0.25, 0.3) is 11.0 Å². The summed E-state index contributed by atoms with van der Waals surface area (Å²) in [5.41, 5.74) is 7.61. The molecule has 7 heteroatoms. The molecule has 3 N–H and O–H groups in total. The van der Waals surface area contributed by atoms with Gasteiger partial charge >= 0.3 is 5.97 Å². The normalized spacial score (nSPS) is 12.5. The van der Waals surface area contributed by atoms with Crippen LogP contribution >= 0.6 is 0 Å². The minimum atomic E-state index is -1.04. The number of nitrogens with zero attached hydrogens (tertiary/aromatic N) is 3. The summed E-state index contributed by atoms with van der Waals surface area (Å²) in [5, 5.41) is 16.6. The Morgan fingerprint density at radius 1 is 1.47 bits per heavy atom. The molecule has 1 atom stereocenters. The van der Waals surface area contributed by atoms with E-state index in [0.29, 0.717) is 5.52 Å². The van der Waals surface area contributed by atoms with Gasteiger partial charge < -0.3 is 10.8 Å². The van der Waals surface area contributed by atoms with E-state index in [2.05, 4.69) is 10.3 Å². The molecule has 0 spiro atoms. The number of fused-ring (bicyclic) bond motifs is 1. The smallest absolute Gasteiger partial charge is 0.320 e. The summed E-state index contributed by atoms with van der Waals surface area (Å²) in [6, 6.07) is 4.33. The van der Waals surface area contributed by atoms with E-state index in [4.69, 9.17) is 10.8 Å². The van der Waals surface area contributed by atoms with Crippen molar-refractivity contribution in [1.29, 1.82) is 0 Å². The Labute approximate surface area is 109 Å². The number of carboxylic acids is 1. The number of carbonyl (C=O) groups is 2. The van der Waals surface area contributed by atoms with E-state index in [0.717, 1.165) is 11.1 Å². The summed E-state index contributed by atoms with van der Waals surface area (Å²) >= 11 is 0. The number of carboxylic acid groups (broad SMARTS) is 1. The van der Waals surface area contributed by atoms with Crippen molar-refractivity contribution in [1.82, 2.24) is 15.0 Å². The fourth-order valence-corrected chi connectivity index (χ4v) is 1.81.